The lowest BCUT2D eigenvalue weighted by Gasteiger charge is -2.35. The minimum atomic E-state index is -0.0910. The molecule has 0 aliphatic carbocycles. The first kappa shape index (κ1) is 22.8. The number of aliphatic imine (C=N–C) groups is 1. The summed E-state index contributed by atoms with van der Waals surface area (Å²) in [6, 6.07) is 0. The molecule has 1 unspecified atom stereocenters. The van der Waals surface area contributed by atoms with E-state index in [2.05, 4.69) is 22.0 Å². The van der Waals surface area contributed by atoms with Crippen molar-refractivity contribution in [2.75, 3.05) is 59.0 Å². The number of hydrogen-bond acceptors (Lipinski definition) is 5. The Kier molecular flexibility index (Phi) is 10.00. The molecule has 2 N–H and O–H groups in total. The van der Waals surface area contributed by atoms with Crippen LogP contribution in [0.25, 0.3) is 0 Å². The normalized spacial score (nSPS) is 26.1. The molecule has 168 valence electrons. The van der Waals surface area contributed by atoms with Gasteiger partial charge in [-0.05, 0) is 64.8 Å². The number of nitrogens with zero attached hydrogens (tertiary/aromatic N) is 3. The number of hydrogen-bond donors (Lipinski definition) is 2. The maximum absolute atomic E-state index is 9.62. The van der Waals surface area contributed by atoms with Gasteiger partial charge in [-0.15, -0.1) is 0 Å². The van der Waals surface area contributed by atoms with Gasteiger partial charge in [0.2, 0.25) is 0 Å². The van der Waals surface area contributed by atoms with Crippen LogP contribution in [0.1, 0.15) is 58.3 Å². The molecule has 0 aromatic heterocycles. The second kappa shape index (κ2) is 12.7. The fourth-order valence-corrected chi connectivity index (χ4v) is 4.46. The van der Waals surface area contributed by atoms with Gasteiger partial charge in [0.05, 0.1) is 24.9 Å². The van der Waals surface area contributed by atoms with E-state index in [0.29, 0.717) is 12.2 Å². The topological polar surface area (TPSA) is 69.6 Å². The summed E-state index contributed by atoms with van der Waals surface area (Å²) in [5, 5.41) is 13.1. The highest BCUT2D eigenvalue weighted by Crippen LogP contribution is 2.18. The molecule has 3 aliphatic heterocycles. The number of nitrogens with one attached hydrogen (secondary N) is 1. The van der Waals surface area contributed by atoms with Crippen LogP contribution in [0.5, 0.6) is 0 Å². The van der Waals surface area contributed by atoms with Crippen LogP contribution in [-0.2, 0) is 9.47 Å². The molecular formula is C22H42N4O3. The Morgan fingerprint density at radius 1 is 1.10 bits per heavy atom. The highest BCUT2D eigenvalue weighted by molar-refractivity contribution is 5.80. The summed E-state index contributed by atoms with van der Waals surface area (Å²) in [5.41, 5.74) is 0. The molecule has 0 saturated carbocycles. The largest absolute Gasteiger partial charge is 0.393 e. The van der Waals surface area contributed by atoms with Crippen LogP contribution < -0.4 is 5.32 Å². The van der Waals surface area contributed by atoms with Gasteiger partial charge in [0, 0.05) is 45.9 Å². The van der Waals surface area contributed by atoms with Crippen molar-refractivity contribution in [2.45, 2.75) is 76.6 Å². The molecule has 0 bridgehead atoms. The van der Waals surface area contributed by atoms with Gasteiger partial charge in [0.1, 0.15) is 0 Å². The van der Waals surface area contributed by atoms with Crippen molar-refractivity contribution in [2.24, 2.45) is 4.99 Å². The van der Waals surface area contributed by atoms with Gasteiger partial charge in [-0.1, -0.05) is 0 Å². The fourth-order valence-electron chi connectivity index (χ4n) is 4.46. The Morgan fingerprint density at radius 2 is 1.90 bits per heavy atom. The first-order chi connectivity index (χ1) is 14.2. The van der Waals surface area contributed by atoms with E-state index in [4.69, 9.17) is 14.5 Å². The van der Waals surface area contributed by atoms with Gasteiger partial charge in [0.25, 0.3) is 0 Å². The van der Waals surface area contributed by atoms with E-state index in [9.17, 15) is 5.11 Å². The third-order valence-corrected chi connectivity index (χ3v) is 6.32. The third kappa shape index (κ3) is 8.04. The first-order valence-corrected chi connectivity index (χ1v) is 11.9. The van der Waals surface area contributed by atoms with Crippen LogP contribution in [-0.4, -0.2) is 98.2 Å². The number of aliphatic hydroxyl groups is 1. The van der Waals surface area contributed by atoms with Gasteiger partial charge in [-0.25, -0.2) is 0 Å². The van der Waals surface area contributed by atoms with E-state index >= 15 is 0 Å². The molecule has 0 aromatic rings. The van der Waals surface area contributed by atoms with Crippen molar-refractivity contribution in [1.82, 2.24) is 15.1 Å². The summed E-state index contributed by atoms with van der Waals surface area (Å²) < 4.78 is 11.9. The third-order valence-electron chi connectivity index (χ3n) is 6.32. The van der Waals surface area contributed by atoms with Crippen LogP contribution >= 0.6 is 0 Å². The van der Waals surface area contributed by atoms with Crippen molar-refractivity contribution in [1.29, 1.82) is 0 Å². The molecule has 3 saturated heterocycles. The number of aliphatic hydroxyl groups excluding tert-OH is 1. The smallest absolute Gasteiger partial charge is 0.193 e. The van der Waals surface area contributed by atoms with Crippen LogP contribution in [0.15, 0.2) is 4.99 Å². The lowest BCUT2D eigenvalue weighted by Crippen LogP contribution is -2.47. The summed E-state index contributed by atoms with van der Waals surface area (Å²) in [7, 11) is 0. The summed E-state index contributed by atoms with van der Waals surface area (Å²) in [5.74, 6) is 1.05. The predicted octanol–water partition coefficient (Wildman–Crippen LogP) is 1.85. The highest BCUT2D eigenvalue weighted by Gasteiger charge is 2.24. The lowest BCUT2D eigenvalue weighted by molar-refractivity contribution is -0.0721. The van der Waals surface area contributed by atoms with Crippen LogP contribution in [0.4, 0.5) is 0 Å². The predicted molar refractivity (Wildman–Crippen MR) is 116 cm³/mol. The van der Waals surface area contributed by atoms with Crippen molar-refractivity contribution in [3.05, 3.63) is 0 Å². The van der Waals surface area contributed by atoms with E-state index in [1.54, 1.807) is 0 Å². The molecule has 0 spiro atoms. The van der Waals surface area contributed by atoms with Gasteiger partial charge >= 0.3 is 0 Å². The van der Waals surface area contributed by atoms with Crippen molar-refractivity contribution in [3.8, 4) is 0 Å². The summed E-state index contributed by atoms with van der Waals surface area (Å²) in [4.78, 5) is 9.71. The van der Waals surface area contributed by atoms with Gasteiger partial charge < -0.3 is 29.7 Å². The molecule has 3 rings (SSSR count). The Hall–Kier alpha value is -0.890. The number of rotatable bonds is 8. The molecule has 29 heavy (non-hydrogen) atoms. The van der Waals surface area contributed by atoms with Gasteiger partial charge in [-0.2, -0.15) is 0 Å². The van der Waals surface area contributed by atoms with Crippen molar-refractivity contribution < 1.29 is 14.6 Å². The summed E-state index contributed by atoms with van der Waals surface area (Å²) >= 11 is 0. The lowest BCUT2D eigenvalue weighted by atomic mass is 10.1. The molecular weight excluding hydrogens is 368 g/mol. The molecule has 7 nitrogen and oxygen atoms in total. The van der Waals surface area contributed by atoms with Crippen LogP contribution in [0.3, 0.4) is 0 Å². The second-order valence-corrected chi connectivity index (χ2v) is 8.67. The number of guanidine groups is 1. The Balaban J connectivity index is 1.34. The zero-order valence-corrected chi connectivity index (χ0v) is 18.4. The number of ether oxygens (including phenoxy) is 2. The van der Waals surface area contributed by atoms with Crippen LogP contribution in [0.2, 0.25) is 0 Å². The van der Waals surface area contributed by atoms with E-state index in [-0.39, 0.29) is 6.10 Å². The summed E-state index contributed by atoms with van der Waals surface area (Å²) in [6.07, 6.45) is 9.22. The molecule has 3 fully saturated rings. The zero-order valence-electron chi connectivity index (χ0n) is 18.4. The Labute approximate surface area is 176 Å². The monoisotopic (exact) mass is 410 g/mol. The van der Waals surface area contributed by atoms with Crippen molar-refractivity contribution in [3.63, 3.8) is 0 Å². The molecule has 3 aliphatic rings. The number of likely N-dealkylation sites (tertiary alicyclic amines) is 2. The molecule has 3 heterocycles. The molecule has 0 aromatic carbocycles. The molecule has 0 radical (unpaired) electrons. The molecule has 0 amide bonds. The summed E-state index contributed by atoms with van der Waals surface area (Å²) in [6.45, 7) is 10.7. The average molecular weight is 411 g/mol. The van der Waals surface area contributed by atoms with E-state index < -0.39 is 0 Å². The minimum absolute atomic E-state index is 0.0910. The van der Waals surface area contributed by atoms with Crippen molar-refractivity contribution >= 4 is 5.96 Å². The molecule has 7 heteroatoms. The van der Waals surface area contributed by atoms with E-state index in [1.807, 2.05) is 0 Å². The Bertz CT molecular complexity index is 469. The minimum Gasteiger partial charge on any atom is -0.393 e. The highest BCUT2D eigenvalue weighted by atomic mass is 16.5. The maximum Gasteiger partial charge on any atom is 0.193 e. The van der Waals surface area contributed by atoms with Crippen LogP contribution in [0, 0.1) is 0 Å². The number of piperidine rings is 2. The quantitative estimate of drug-likeness (QED) is 0.362. The maximum atomic E-state index is 9.62. The van der Waals surface area contributed by atoms with Gasteiger partial charge in [-0.3, -0.25) is 4.99 Å². The molecule has 1 atom stereocenters. The average Bonchev–Trinajstić information content (AvgIpc) is 2.77. The fraction of sp³-hybridized carbons (Fsp3) is 0.955. The second-order valence-electron chi connectivity index (χ2n) is 8.67. The van der Waals surface area contributed by atoms with E-state index in [1.165, 1.54) is 12.8 Å². The first-order valence-electron chi connectivity index (χ1n) is 11.9. The SMILES string of the molecule is CCNC(=NCCCN1CCC(O)CC1)N1CCC(OCC2CCCCO2)CC1. The zero-order chi connectivity index (χ0) is 20.3. The van der Waals surface area contributed by atoms with E-state index in [0.717, 1.165) is 104 Å². The Morgan fingerprint density at radius 3 is 2.59 bits per heavy atom. The standard InChI is InChI=1S/C22H42N4O3/c1-2-23-22(24-11-5-12-25-13-7-19(27)8-14-25)26-15-9-20(10-16-26)29-18-21-6-3-4-17-28-21/h19-21,27H,2-18H2,1H3,(H,23,24). The van der Waals surface area contributed by atoms with Gasteiger partial charge in [0.15, 0.2) is 5.96 Å².